The first-order valence-electron chi connectivity index (χ1n) is 23.8. The van der Waals surface area contributed by atoms with E-state index in [1.165, 1.54) is 65.8 Å². The standard InChI is InChI=1S/C49H37N2O.C15H16N.Ir/c1-29(2)40-24-36(31-13-6-5-7-14-31)25-41(30(3)4)47(40)51-45-27-34-17-9-8-16-33(34)26-44(45)50-49(51)39-20-12-19-38-43-23-35-22-21-32-15-10-11-18-37(32)42(35)28-46(43)52-48(38)39;1-15(2,3)13-9-10-16-14(11-13)12-7-5-4-6-8-12;/h5-19,21-30H,1-4H3;4-7,9-11H,1-3H3;/q2*-1;. The minimum atomic E-state index is 0. The van der Waals surface area contributed by atoms with Crippen molar-refractivity contribution in [2.24, 2.45) is 0 Å². The van der Waals surface area contributed by atoms with Gasteiger partial charge in [0.2, 0.25) is 0 Å². The van der Waals surface area contributed by atoms with E-state index in [1.54, 1.807) is 0 Å². The van der Waals surface area contributed by atoms with E-state index in [9.17, 15) is 0 Å². The Morgan fingerprint density at radius 3 is 1.94 bits per heavy atom. The molecule has 0 unspecified atom stereocenters. The first-order chi connectivity index (χ1) is 33.0. The first-order valence-corrected chi connectivity index (χ1v) is 23.8. The van der Waals surface area contributed by atoms with Crippen LogP contribution in [0.15, 0.2) is 187 Å². The van der Waals surface area contributed by atoms with Gasteiger partial charge in [0, 0.05) is 37.4 Å². The van der Waals surface area contributed by atoms with Gasteiger partial charge in [0.15, 0.2) is 0 Å². The van der Waals surface area contributed by atoms with Gasteiger partial charge in [-0.05, 0) is 126 Å². The maximum atomic E-state index is 6.91. The largest absolute Gasteiger partial charge is 0.501 e. The molecule has 0 atom stereocenters. The normalized spacial score (nSPS) is 11.8. The molecule has 3 heterocycles. The molecule has 0 bridgehead atoms. The summed E-state index contributed by atoms with van der Waals surface area (Å²) in [6.07, 6.45) is 1.87. The van der Waals surface area contributed by atoms with E-state index in [2.05, 4.69) is 216 Å². The second-order valence-electron chi connectivity index (χ2n) is 19.6. The molecule has 69 heavy (non-hydrogen) atoms. The van der Waals surface area contributed by atoms with Crippen LogP contribution in [-0.4, -0.2) is 14.5 Å². The fraction of sp³-hybridized carbons (Fsp3) is 0.156. The molecule has 0 spiro atoms. The van der Waals surface area contributed by atoms with Gasteiger partial charge in [-0.3, -0.25) is 4.98 Å². The summed E-state index contributed by atoms with van der Waals surface area (Å²) in [5, 5.41) is 9.36. The van der Waals surface area contributed by atoms with Crippen molar-refractivity contribution in [3.8, 4) is 39.5 Å². The predicted molar refractivity (Wildman–Crippen MR) is 286 cm³/mol. The van der Waals surface area contributed by atoms with Gasteiger partial charge < -0.3 is 14.0 Å². The number of fused-ring (bicyclic) bond motifs is 8. The first kappa shape index (κ1) is 45.6. The van der Waals surface area contributed by atoms with Gasteiger partial charge in [0.1, 0.15) is 5.58 Å². The molecule has 341 valence electrons. The van der Waals surface area contributed by atoms with E-state index < -0.39 is 0 Å². The predicted octanol–water partition coefficient (Wildman–Crippen LogP) is 17.6. The maximum absolute atomic E-state index is 6.91. The van der Waals surface area contributed by atoms with Crippen LogP contribution in [0.4, 0.5) is 0 Å². The zero-order valence-electron chi connectivity index (χ0n) is 40.1. The topological polar surface area (TPSA) is 43.9 Å². The van der Waals surface area contributed by atoms with Gasteiger partial charge in [-0.2, -0.15) is 0 Å². The Balaban J connectivity index is 0.000000277. The van der Waals surface area contributed by atoms with Crippen LogP contribution in [0.3, 0.4) is 0 Å². The van der Waals surface area contributed by atoms with Crippen LogP contribution in [0.1, 0.15) is 77.0 Å². The summed E-state index contributed by atoms with van der Waals surface area (Å²) >= 11 is 0. The van der Waals surface area contributed by atoms with E-state index in [0.717, 1.165) is 55.6 Å². The number of hydrogen-bond acceptors (Lipinski definition) is 3. The Morgan fingerprint density at radius 1 is 0.551 bits per heavy atom. The van der Waals surface area contributed by atoms with Crippen molar-refractivity contribution in [3.63, 3.8) is 0 Å². The van der Waals surface area contributed by atoms with E-state index in [0.29, 0.717) is 0 Å². The van der Waals surface area contributed by atoms with Crippen LogP contribution < -0.4 is 0 Å². The third kappa shape index (κ3) is 8.45. The maximum Gasteiger partial charge on any atom is 0.121 e. The molecule has 5 heteroatoms. The molecule has 0 aliphatic carbocycles. The van der Waals surface area contributed by atoms with Gasteiger partial charge in [0.25, 0.3) is 0 Å². The van der Waals surface area contributed by atoms with Gasteiger partial charge in [0.05, 0.1) is 22.4 Å². The quantitative estimate of drug-likeness (QED) is 0.123. The average molecular weight is 1070 g/mol. The summed E-state index contributed by atoms with van der Waals surface area (Å²) in [6.45, 7) is 15.8. The minimum absolute atomic E-state index is 0. The third-order valence-electron chi connectivity index (χ3n) is 13.4. The molecule has 0 N–H and O–H groups in total. The Hall–Kier alpha value is -7.17. The zero-order valence-corrected chi connectivity index (χ0v) is 42.5. The second kappa shape index (κ2) is 18.4. The van der Waals surface area contributed by atoms with Crippen molar-refractivity contribution in [1.82, 2.24) is 14.5 Å². The van der Waals surface area contributed by atoms with Crippen LogP contribution in [0.25, 0.3) is 105 Å². The summed E-state index contributed by atoms with van der Waals surface area (Å²) in [6, 6.07) is 69.2. The summed E-state index contributed by atoms with van der Waals surface area (Å²) < 4.78 is 9.31. The molecule has 9 aromatic carbocycles. The van der Waals surface area contributed by atoms with Crippen molar-refractivity contribution >= 4 is 65.3 Å². The van der Waals surface area contributed by atoms with Crippen molar-refractivity contribution in [2.75, 3.05) is 0 Å². The Bertz CT molecular complexity index is 3810. The van der Waals surface area contributed by atoms with Crippen molar-refractivity contribution in [3.05, 3.63) is 211 Å². The fourth-order valence-electron chi connectivity index (χ4n) is 9.78. The van der Waals surface area contributed by atoms with Gasteiger partial charge in [-0.25, -0.2) is 0 Å². The molecule has 0 fully saturated rings. The van der Waals surface area contributed by atoms with Crippen molar-refractivity contribution in [1.29, 1.82) is 0 Å². The molecule has 0 aliphatic heterocycles. The van der Waals surface area contributed by atoms with E-state index in [4.69, 9.17) is 9.40 Å². The van der Waals surface area contributed by atoms with Gasteiger partial charge >= 0.3 is 0 Å². The second-order valence-corrected chi connectivity index (χ2v) is 19.6. The average Bonchev–Trinajstić information content (AvgIpc) is 3.92. The summed E-state index contributed by atoms with van der Waals surface area (Å²) in [5.41, 5.74) is 14.3. The number of nitrogens with zero attached hydrogens (tertiary/aromatic N) is 3. The Labute approximate surface area is 418 Å². The van der Waals surface area contributed by atoms with Gasteiger partial charge in [-0.15, -0.1) is 54.1 Å². The molecule has 12 aromatic rings. The molecule has 12 rings (SSSR count). The van der Waals surface area contributed by atoms with E-state index >= 15 is 0 Å². The third-order valence-corrected chi connectivity index (χ3v) is 13.4. The number of rotatable bonds is 6. The Morgan fingerprint density at radius 2 is 1.23 bits per heavy atom. The molecule has 0 aliphatic rings. The van der Waals surface area contributed by atoms with Crippen LogP contribution in [-0.2, 0) is 25.5 Å². The minimum Gasteiger partial charge on any atom is -0.501 e. The number of hydrogen-bond donors (Lipinski definition) is 0. The fourth-order valence-corrected chi connectivity index (χ4v) is 9.78. The van der Waals surface area contributed by atoms with Crippen LogP contribution in [0.5, 0.6) is 0 Å². The van der Waals surface area contributed by atoms with Crippen LogP contribution in [0.2, 0.25) is 0 Å². The Kier molecular flexibility index (Phi) is 12.2. The molecule has 0 amide bonds. The number of benzene rings is 9. The smallest absolute Gasteiger partial charge is 0.121 e. The summed E-state index contributed by atoms with van der Waals surface area (Å²) in [4.78, 5) is 9.87. The van der Waals surface area contributed by atoms with Gasteiger partial charge in [-0.1, -0.05) is 156 Å². The number of furan rings is 1. The van der Waals surface area contributed by atoms with E-state index in [1.807, 2.05) is 36.5 Å². The molecule has 0 saturated carbocycles. The van der Waals surface area contributed by atoms with Crippen LogP contribution >= 0.6 is 0 Å². The molecule has 0 saturated heterocycles. The van der Waals surface area contributed by atoms with Crippen molar-refractivity contribution < 1.29 is 24.5 Å². The zero-order chi connectivity index (χ0) is 46.7. The molecule has 3 aromatic heterocycles. The molecular formula is C64H53IrN3O-2. The SMILES string of the molecule is CC(C)(C)c1ccnc(-c2[c-]cccc2)c1.CC(C)c1cc(-c2ccccc2)cc(C(C)C)c1-n1c(-c2[c-]ccc3c2oc2cc4c(ccc5ccccc54)cc23)nc2cc3ccccc3cc21.[Ir]. The number of pyridine rings is 1. The van der Waals surface area contributed by atoms with Crippen molar-refractivity contribution in [2.45, 2.75) is 65.7 Å². The summed E-state index contributed by atoms with van der Waals surface area (Å²) in [5.74, 6) is 1.35. The molecular weight excluding hydrogens is 1020 g/mol. The monoisotopic (exact) mass is 1070 g/mol. The van der Waals surface area contributed by atoms with E-state index in [-0.39, 0.29) is 37.4 Å². The number of imidazole rings is 1. The molecule has 4 nitrogen and oxygen atoms in total. The molecule has 1 radical (unpaired) electrons. The number of aromatic nitrogens is 3. The summed E-state index contributed by atoms with van der Waals surface area (Å²) in [7, 11) is 0. The van der Waals surface area contributed by atoms with Crippen LogP contribution in [0, 0.1) is 12.1 Å².